The van der Waals surface area contributed by atoms with Gasteiger partial charge in [0.05, 0.1) is 0 Å². The van der Waals surface area contributed by atoms with Gasteiger partial charge in [-0.3, -0.25) is 0 Å². The van der Waals surface area contributed by atoms with Crippen molar-refractivity contribution < 1.29 is 17.1 Å². The third-order valence-corrected chi connectivity index (χ3v) is 5.36. The molecular weight excluding hydrogens is 288 g/mol. The molecule has 0 aliphatic carbocycles. The van der Waals surface area contributed by atoms with E-state index in [1.54, 1.807) is 0 Å². The monoisotopic (exact) mass is 304 g/mol. The van der Waals surface area contributed by atoms with Gasteiger partial charge in [-0.1, -0.05) is 0 Å². The summed E-state index contributed by atoms with van der Waals surface area (Å²) in [7, 11) is 0. The van der Waals surface area contributed by atoms with Gasteiger partial charge in [0.15, 0.2) is 0 Å². The second-order valence-electron chi connectivity index (χ2n) is 3.61. The standard InChI is InChI=1S/C9H11S2.C5H5.Fe/c1-2-5-8(4-1)9-10-6-3-7-11-9;1-2-4-5-3-1;/h1-2,4-5,9H,3,6-7H2;1-5H;/q-1;-5;. The van der Waals surface area contributed by atoms with Crippen molar-refractivity contribution in [1.82, 2.24) is 0 Å². The van der Waals surface area contributed by atoms with Crippen LogP contribution in [0.4, 0.5) is 0 Å². The Morgan fingerprint density at radius 3 is 1.82 bits per heavy atom. The summed E-state index contributed by atoms with van der Waals surface area (Å²) in [6, 6.07) is 18.7. The van der Waals surface area contributed by atoms with E-state index in [0.29, 0.717) is 0 Å². The van der Waals surface area contributed by atoms with Gasteiger partial charge in [-0.15, -0.1) is 5.56 Å². The molecule has 0 unspecified atom stereocenters. The van der Waals surface area contributed by atoms with Gasteiger partial charge in [0, 0.05) is 21.7 Å². The number of hydrogen-bond donors (Lipinski definition) is 0. The molecule has 0 atom stereocenters. The van der Waals surface area contributed by atoms with E-state index in [-0.39, 0.29) is 17.1 Å². The van der Waals surface area contributed by atoms with Gasteiger partial charge in [-0.05, 0) is 17.9 Å². The summed E-state index contributed by atoms with van der Waals surface area (Å²) in [4.78, 5) is 0. The molecule has 0 amide bonds. The van der Waals surface area contributed by atoms with Crippen LogP contribution in [-0.2, 0) is 17.1 Å². The van der Waals surface area contributed by atoms with Crippen LogP contribution in [0.25, 0.3) is 0 Å². The van der Waals surface area contributed by atoms with Crippen molar-refractivity contribution in [2.75, 3.05) is 11.5 Å². The van der Waals surface area contributed by atoms with Crippen molar-refractivity contribution in [3.8, 4) is 0 Å². The normalized spacial score (nSPS) is 15.5. The molecule has 1 fully saturated rings. The smallest absolute Gasteiger partial charge is 0.0310 e. The molecular formula is C14H16FeS2-6. The average molecular weight is 304 g/mol. The van der Waals surface area contributed by atoms with Crippen LogP contribution in [0.3, 0.4) is 0 Å². The zero-order chi connectivity index (χ0) is 11.1. The molecule has 1 heterocycles. The summed E-state index contributed by atoms with van der Waals surface area (Å²) in [5.74, 6) is 2.67. The van der Waals surface area contributed by atoms with Crippen molar-refractivity contribution in [2.24, 2.45) is 0 Å². The summed E-state index contributed by atoms with van der Waals surface area (Å²) in [5, 5.41) is 0. The Balaban J connectivity index is 0.000000205. The minimum absolute atomic E-state index is 0. The molecule has 3 rings (SSSR count). The summed E-state index contributed by atoms with van der Waals surface area (Å²) < 4.78 is 0.721. The predicted octanol–water partition coefficient (Wildman–Crippen LogP) is 4.68. The third kappa shape index (κ3) is 5.39. The summed E-state index contributed by atoms with van der Waals surface area (Å²) in [5.41, 5.74) is 1.50. The number of rotatable bonds is 1. The third-order valence-electron chi connectivity index (χ3n) is 2.34. The second-order valence-corrected chi connectivity index (χ2v) is 6.33. The molecule has 0 spiro atoms. The first-order valence-corrected chi connectivity index (χ1v) is 7.68. The molecule has 0 aromatic heterocycles. The fraction of sp³-hybridized carbons (Fsp3) is 0.286. The van der Waals surface area contributed by atoms with Crippen LogP contribution in [0.5, 0.6) is 0 Å². The van der Waals surface area contributed by atoms with E-state index in [4.69, 9.17) is 0 Å². The predicted molar refractivity (Wildman–Crippen MR) is 76.3 cm³/mol. The van der Waals surface area contributed by atoms with Gasteiger partial charge in [0.1, 0.15) is 0 Å². The Bertz CT molecular complexity index is 330. The second kappa shape index (κ2) is 8.93. The van der Waals surface area contributed by atoms with Gasteiger partial charge < -0.3 is 30.3 Å². The SMILES string of the molecule is [Fe].[cH-]1[cH-][cH-][cH-][cH-]1.c1cc[c-](C2SCCCS2)c1. The molecule has 2 aromatic carbocycles. The Hall–Kier alpha value is -0.0805. The van der Waals surface area contributed by atoms with Crippen molar-refractivity contribution in [3.63, 3.8) is 0 Å². The molecule has 0 nitrogen and oxygen atoms in total. The summed E-state index contributed by atoms with van der Waals surface area (Å²) >= 11 is 4.17. The molecule has 0 radical (unpaired) electrons. The Labute approximate surface area is 123 Å². The van der Waals surface area contributed by atoms with Crippen LogP contribution in [0.2, 0.25) is 0 Å². The van der Waals surface area contributed by atoms with Crippen LogP contribution in [-0.4, -0.2) is 11.5 Å². The van der Waals surface area contributed by atoms with Crippen molar-refractivity contribution in [2.45, 2.75) is 11.0 Å². The van der Waals surface area contributed by atoms with Gasteiger partial charge in [-0.25, -0.2) is 12.1 Å². The van der Waals surface area contributed by atoms with Crippen LogP contribution in [0.15, 0.2) is 54.6 Å². The zero-order valence-corrected chi connectivity index (χ0v) is 12.3. The number of hydrogen-bond acceptors (Lipinski definition) is 2. The van der Waals surface area contributed by atoms with Crippen molar-refractivity contribution in [1.29, 1.82) is 0 Å². The Kier molecular flexibility index (Phi) is 7.87. The minimum atomic E-state index is 0. The summed E-state index contributed by atoms with van der Waals surface area (Å²) in [6.07, 6.45) is 1.38. The van der Waals surface area contributed by atoms with Gasteiger partial charge in [0.2, 0.25) is 0 Å². The van der Waals surface area contributed by atoms with Gasteiger partial charge in [-0.2, -0.15) is 35.7 Å². The van der Waals surface area contributed by atoms with Crippen LogP contribution in [0, 0.1) is 0 Å². The first kappa shape index (κ1) is 15.0. The quantitative estimate of drug-likeness (QED) is 0.554. The van der Waals surface area contributed by atoms with E-state index in [0.717, 1.165) is 4.58 Å². The first-order valence-electron chi connectivity index (χ1n) is 5.58. The molecule has 1 saturated heterocycles. The molecule has 1 aliphatic rings. The van der Waals surface area contributed by atoms with Gasteiger partial charge in [0.25, 0.3) is 0 Å². The maximum Gasteiger partial charge on any atom is 0.0310 e. The number of thioether (sulfide) groups is 2. The van der Waals surface area contributed by atoms with E-state index in [1.165, 1.54) is 23.5 Å². The fourth-order valence-corrected chi connectivity index (χ4v) is 4.44. The van der Waals surface area contributed by atoms with Gasteiger partial charge >= 0.3 is 0 Å². The molecule has 98 valence electrons. The Morgan fingerprint density at radius 1 is 0.882 bits per heavy atom. The molecule has 1 aliphatic heterocycles. The molecule has 0 bridgehead atoms. The average Bonchev–Trinajstić information content (AvgIpc) is 3.07. The molecule has 0 N–H and O–H groups in total. The minimum Gasteiger partial charge on any atom is -0.748 e. The van der Waals surface area contributed by atoms with E-state index < -0.39 is 0 Å². The van der Waals surface area contributed by atoms with Crippen LogP contribution >= 0.6 is 23.5 Å². The maximum absolute atomic E-state index is 2.23. The maximum atomic E-state index is 2.23. The topological polar surface area (TPSA) is 0 Å². The van der Waals surface area contributed by atoms with Crippen molar-refractivity contribution >= 4 is 23.5 Å². The summed E-state index contributed by atoms with van der Waals surface area (Å²) in [6.45, 7) is 0. The fourth-order valence-electron chi connectivity index (χ4n) is 1.55. The Morgan fingerprint density at radius 2 is 1.35 bits per heavy atom. The largest absolute Gasteiger partial charge is 0.748 e. The van der Waals surface area contributed by atoms with E-state index in [2.05, 4.69) is 47.8 Å². The molecule has 17 heavy (non-hydrogen) atoms. The zero-order valence-electron chi connectivity index (χ0n) is 9.56. The van der Waals surface area contributed by atoms with Crippen LogP contribution in [0.1, 0.15) is 16.6 Å². The van der Waals surface area contributed by atoms with Crippen LogP contribution < -0.4 is 0 Å². The molecule has 2 aromatic rings. The van der Waals surface area contributed by atoms with E-state index >= 15 is 0 Å². The molecule has 0 saturated carbocycles. The van der Waals surface area contributed by atoms with E-state index in [9.17, 15) is 0 Å². The van der Waals surface area contributed by atoms with Crippen molar-refractivity contribution in [3.05, 3.63) is 60.2 Å². The first-order chi connectivity index (χ1) is 7.97. The molecule has 3 heteroatoms. The van der Waals surface area contributed by atoms with E-state index in [1.807, 2.05) is 30.3 Å².